The molecule has 0 bridgehead atoms. The van der Waals surface area contributed by atoms with Crippen LogP contribution in [0.1, 0.15) is 13.8 Å². The average molecular weight is 288 g/mol. The zero-order valence-electron chi connectivity index (χ0n) is 7.57. The van der Waals surface area contributed by atoms with Crippen LogP contribution in [0.5, 0.6) is 0 Å². The molecule has 0 saturated carbocycles. The second kappa shape index (κ2) is 5.94. The van der Waals surface area contributed by atoms with Crippen molar-refractivity contribution in [3.05, 3.63) is 0 Å². The maximum absolute atomic E-state index is 12.0. The molecule has 0 rings (SSSR count). The van der Waals surface area contributed by atoms with Crippen LogP contribution in [0.15, 0.2) is 0 Å². The fourth-order valence-corrected chi connectivity index (χ4v) is 3.34. The quantitative estimate of drug-likeness (QED) is 0.421. The molecule has 0 saturated heterocycles. The second-order valence-electron chi connectivity index (χ2n) is 2.22. The van der Waals surface area contributed by atoms with Gasteiger partial charge in [-0.15, -0.1) is 0 Å². The maximum atomic E-state index is 12.0. The Bertz CT molecular complexity index is 173. The molecule has 0 fully saturated rings. The molecule has 0 spiro atoms. The highest BCUT2D eigenvalue weighted by molar-refractivity contribution is 8.21. The Morgan fingerprint density at radius 3 is 1.86 bits per heavy atom. The van der Waals surface area contributed by atoms with Gasteiger partial charge in [0.1, 0.15) is 0 Å². The minimum atomic E-state index is -4.43. The highest BCUT2D eigenvalue weighted by Gasteiger charge is 2.42. The van der Waals surface area contributed by atoms with E-state index in [2.05, 4.69) is 0 Å². The van der Waals surface area contributed by atoms with Gasteiger partial charge in [0.05, 0.1) is 0 Å². The van der Waals surface area contributed by atoms with Crippen LogP contribution in [0, 0.1) is 0 Å². The summed E-state index contributed by atoms with van der Waals surface area (Å²) in [5, 5.41) is 0. The number of thioether (sulfide) groups is 1. The zero-order chi connectivity index (χ0) is 11.4. The van der Waals surface area contributed by atoms with E-state index < -0.39 is 20.3 Å². The van der Waals surface area contributed by atoms with Crippen LogP contribution in [0.4, 0.5) is 13.2 Å². The molecule has 0 unspecified atom stereocenters. The molecule has 14 heavy (non-hydrogen) atoms. The van der Waals surface area contributed by atoms with Crippen LogP contribution in [0.25, 0.3) is 0 Å². The third kappa shape index (κ3) is 7.34. The molecule has 0 heterocycles. The molecule has 0 aromatic carbocycles. The van der Waals surface area contributed by atoms with E-state index in [4.69, 9.17) is 23.2 Å². The average Bonchev–Trinajstić information content (AvgIpc) is 1.95. The number of alkyl halides is 5. The molecule has 0 aliphatic heterocycles. The first-order valence-corrected chi connectivity index (χ1v) is 6.13. The van der Waals surface area contributed by atoms with E-state index >= 15 is 0 Å². The SMILES string of the molecule is CCN(CC)SC(Cl)(Cl)SC(F)(F)F. The minimum Gasteiger partial charge on any atom is -0.248 e. The summed E-state index contributed by atoms with van der Waals surface area (Å²) < 4.78 is 35.7. The predicted octanol–water partition coefficient (Wildman–Crippen LogP) is 4.32. The van der Waals surface area contributed by atoms with Crippen molar-refractivity contribution in [3.8, 4) is 0 Å². The van der Waals surface area contributed by atoms with Gasteiger partial charge in [-0.1, -0.05) is 37.0 Å². The van der Waals surface area contributed by atoms with Crippen LogP contribution < -0.4 is 0 Å². The Morgan fingerprint density at radius 1 is 1.14 bits per heavy atom. The van der Waals surface area contributed by atoms with E-state index in [1.165, 1.54) is 0 Å². The van der Waals surface area contributed by atoms with Gasteiger partial charge in [0.15, 0.2) is 0 Å². The lowest BCUT2D eigenvalue weighted by Crippen LogP contribution is -2.22. The van der Waals surface area contributed by atoms with E-state index in [1.807, 2.05) is 13.8 Å². The molecule has 0 aliphatic carbocycles. The lowest BCUT2D eigenvalue weighted by atomic mass is 10.7. The van der Waals surface area contributed by atoms with Crippen molar-refractivity contribution < 1.29 is 13.2 Å². The summed E-state index contributed by atoms with van der Waals surface area (Å²) in [5.74, 6) is 0. The summed E-state index contributed by atoms with van der Waals surface area (Å²) in [5.41, 5.74) is -4.43. The third-order valence-electron chi connectivity index (χ3n) is 1.18. The summed E-state index contributed by atoms with van der Waals surface area (Å²) in [7, 11) is 0. The van der Waals surface area contributed by atoms with Crippen molar-refractivity contribution in [2.45, 2.75) is 22.4 Å². The first-order valence-electron chi connectivity index (χ1n) is 3.79. The third-order valence-corrected chi connectivity index (χ3v) is 3.98. The smallest absolute Gasteiger partial charge is 0.248 e. The minimum absolute atomic E-state index is 0.430. The van der Waals surface area contributed by atoms with Gasteiger partial charge in [0.25, 0.3) is 0 Å². The predicted molar refractivity (Wildman–Crippen MR) is 58.6 cm³/mol. The van der Waals surface area contributed by atoms with Crippen molar-refractivity contribution in [2.75, 3.05) is 13.1 Å². The van der Waals surface area contributed by atoms with Crippen molar-refractivity contribution in [1.82, 2.24) is 4.31 Å². The van der Waals surface area contributed by atoms with E-state index in [1.54, 1.807) is 4.31 Å². The molecule has 8 heteroatoms. The monoisotopic (exact) mass is 287 g/mol. The van der Waals surface area contributed by atoms with Crippen LogP contribution in [-0.2, 0) is 0 Å². The molecule has 1 nitrogen and oxygen atoms in total. The molecule has 0 radical (unpaired) electrons. The van der Waals surface area contributed by atoms with Crippen molar-refractivity contribution >= 4 is 46.9 Å². The zero-order valence-corrected chi connectivity index (χ0v) is 10.7. The van der Waals surface area contributed by atoms with Gasteiger partial charge in [0.2, 0.25) is 3.00 Å². The number of rotatable bonds is 5. The number of nitrogens with zero attached hydrogens (tertiary/aromatic N) is 1. The lowest BCUT2D eigenvalue weighted by Gasteiger charge is -2.26. The molecule has 0 N–H and O–H groups in total. The highest BCUT2D eigenvalue weighted by atomic mass is 35.5. The Labute approximate surface area is 99.8 Å². The summed E-state index contributed by atoms with van der Waals surface area (Å²) >= 11 is 11.4. The molecular weight excluding hydrogens is 278 g/mol. The van der Waals surface area contributed by atoms with E-state index in [-0.39, 0.29) is 0 Å². The van der Waals surface area contributed by atoms with Gasteiger partial charge >= 0.3 is 5.51 Å². The van der Waals surface area contributed by atoms with Gasteiger partial charge in [-0.25, -0.2) is 4.31 Å². The summed E-state index contributed by atoms with van der Waals surface area (Å²) in [6.45, 7) is 4.80. The molecule has 86 valence electrons. The number of hydrogen-bond acceptors (Lipinski definition) is 3. The Morgan fingerprint density at radius 2 is 1.57 bits per heavy atom. The lowest BCUT2D eigenvalue weighted by molar-refractivity contribution is -0.0328. The largest absolute Gasteiger partial charge is 0.445 e. The van der Waals surface area contributed by atoms with Crippen molar-refractivity contribution in [2.24, 2.45) is 0 Å². The molecular formula is C6H10Cl2F3NS2. The fraction of sp³-hybridized carbons (Fsp3) is 1.00. The van der Waals surface area contributed by atoms with Crippen LogP contribution >= 0.6 is 46.9 Å². The van der Waals surface area contributed by atoms with Gasteiger partial charge < -0.3 is 0 Å². The van der Waals surface area contributed by atoms with Gasteiger partial charge in [-0.05, 0) is 11.9 Å². The summed E-state index contributed by atoms with van der Waals surface area (Å²) in [6, 6.07) is 0. The second-order valence-corrected chi connectivity index (χ2v) is 7.29. The molecule has 0 aromatic rings. The van der Waals surface area contributed by atoms with Crippen LogP contribution in [0.3, 0.4) is 0 Å². The Balaban J connectivity index is 4.18. The molecule has 0 atom stereocenters. The van der Waals surface area contributed by atoms with E-state index in [0.717, 1.165) is 11.9 Å². The van der Waals surface area contributed by atoms with Gasteiger partial charge in [-0.3, -0.25) is 0 Å². The van der Waals surface area contributed by atoms with E-state index in [9.17, 15) is 13.2 Å². The first-order chi connectivity index (χ1) is 6.20. The Hall–Kier alpha value is 1.03. The molecule has 0 aliphatic rings. The Kier molecular flexibility index (Phi) is 6.37. The maximum Gasteiger partial charge on any atom is 0.445 e. The summed E-state index contributed by atoms with van der Waals surface area (Å²) in [6.07, 6.45) is 0. The van der Waals surface area contributed by atoms with Crippen LogP contribution in [0.2, 0.25) is 0 Å². The molecule has 0 amide bonds. The highest BCUT2D eigenvalue weighted by Crippen LogP contribution is 2.53. The summed E-state index contributed by atoms with van der Waals surface area (Å²) in [4.78, 5) is 0. The standard InChI is InChI=1S/C6H10Cl2F3NS2/c1-3-12(4-2)14-5(7,8)13-6(9,10)11/h3-4H2,1-2H3. The number of hydrogen-bond donors (Lipinski definition) is 0. The number of halogens is 5. The van der Waals surface area contributed by atoms with Crippen molar-refractivity contribution in [1.29, 1.82) is 0 Å². The van der Waals surface area contributed by atoms with Crippen molar-refractivity contribution in [3.63, 3.8) is 0 Å². The fourth-order valence-electron chi connectivity index (χ4n) is 0.656. The topological polar surface area (TPSA) is 3.24 Å². The normalized spacial score (nSPS) is 13.7. The van der Waals surface area contributed by atoms with E-state index in [0.29, 0.717) is 13.1 Å². The van der Waals surface area contributed by atoms with Crippen LogP contribution in [-0.4, -0.2) is 25.9 Å². The molecule has 0 aromatic heterocycles. The van der Waals surface area contributed by atoms with Gasteiger partial charge in [-0.2, -0.15) is 13.2 Å². The van der Waals surface area contributed by atoms with Gasteiger partial charge in [0, 0.05) is 24.9 Å². The first kappa shape index (κ1) is 15.0.